The van der Waals surface area contributed by atoms with Crippen molar-refractivity contribution in [3.05, 3.63) is 40.2 Å². The molecule has 0 aliphatic carbocycles. The lowest BCUT2D eigenvalue weighted by atomic mass is 10.1. The predicted octanol–water partition coefficient (Wildman–Crippen LogP) is 0.745. The minimum Gasteiger partial charge on any atom is -0.334 e. The Morgan fingerprint density at radius 1 is 1.24 bits per heavy atom. The van der Waals surface area contributed by atoms with Crippen LogP contribution in [0.15, 0.2) is 29.1 Å². The Morgan fingerprint density at radius 2 is 1.90 bits per heavy atom. The monoisotopic (exact) mass is 286 g/mol. The second-order valence-electron chi connectivity index (χ2n) is 5.63. The second-order valence-corrected chi connectivity index (χ2v) is 5.63. The van der Waals surface area contributed by atoms with Crippen LogP contribution in [0.5, 0.6) is 0 Å². The summed E-state index contributed by atoms with van der Waals surface area (Å²) in [5, 5.41) is 10.6. The number of nitrogens with one attached hydrogen (secondary N) is 2. The molecule has 1 fully saturated rings. The van der Waals surface area contributed by atoms with Gasteiger partial charge in [0.2, 0.25) is 5.43 Å². The number of hydrogen-bond donors (Lipinski definition) is 2. The third-order valence-electron chi connectivity index (χ3n) is 3.72. The van der Waals surface area contributed by atoms with Gasteiger partial charge in [0.05, 0.1) is 5.52 Å². The van der Waals surface area contributed by atoms with Crippen LogP contribution < -0.4 is 10.7 Å². The summed E-state index contributed by atoms with van der Waals surface area (Å²) in [6.07, 6.45) is 0. The van der Waals surface area contributed by atoms with Crippen molar-refractivity contribution in [1.29, 1.82) is 0 Å². The molecule has 6 heteroatoms. The number of piperazine rings is 1. The molecule has 1 aromatic heterocycles. The van der Waals surface area contributed by atoms with Crippen molar-refractivity contribution in [2.45, 2.75) is 25.9 Å². The summed E-state index contributed by atoms with van der Waals surface area (Å²) in [6, 6.07) is 7.49. The predicted molar refractivity (Wildman–Crippen MR) is 80.3 cm³/mol. The van der Waals surface area contributed by atoms with Crippen LogP contribution in [0.3, 0.4) is 0 Å². The maximum atomic E-state index is 12.6. The molecule has 6 nitrogen and oxygen atoms in total. The molecular formula is C15H18N4O2. The Labute approximate surface area is 122 Å². The maximum absolute atomic E-state index is 12.6. The van der Waals surface area contributed by atoms with E-state index in [1.165, 1.54) is 0 Å². The number of hydrogen-bond acceptors (Lipinski definition) is 4. The van der Waals surface area contributed by atoms with Gasteiger partial charge >= 0.3 is 0 Å². The number of benzene rings is 1. The van der Waals surface area contributed by atoms with Crippen LogP contribution in [-0.4, -0.2) is 46.2 Å². The van der Waals surface area contributed by atoms with Crippen LogP contribution in [0.25, 0.3) is 10.9 Å². The van der Waals surface area contributed by atoms with Gasteiger partial charge in [-0.2, -0.15) is 5.10 Å². The average Bonchev–Trinajstić information content (AvgIpc) is 2.46. The molecule has 1 saturated heterocycles. The van der Waals surface area contributed by atoms with Crippen molar-refractivity contribution in [3.8, 4) is 0 Å². The molecule has 0 spiro atoms. The third-order valence-corrected chi connectivity index (χ3v) is 3.72. The zero-order valence-corrected chi connectivity index (χ0v) is 12.1. The zero-order valence-electron chi connectivity index (χ0n) is 12.1. The van der Waals surface area contributed by atoms with Crippen LogP contribution >= 0.6 is 0 Å². The molecule has 2 N–H and O–H groups in total. The Morgan fingerprint density at radius 3 is 2.62 bits per heavy atom. The molecule has 0 unspecified atom stereocenters. The minimum atomic E-state index is -0.312. The van der Waals surface area contributed by atoms with Gasteiger partial charge in [0.15, 0.2) is 5.69 Å². The van der Waals surface area contributed by atoms with E-state index in [9.17, 15) is 9.59 Å². The quantitative estimate of drug-likeness (QED) is 0.811. The lowest BCUT2D eigenvalue weighted by molar-refractivity contribution is 0.0665. The second kappa shape index (κ2) is 5.29. The van der Waals surface area contributed by atoms with E-state index in [4.69, 9.17) is 0 Å². The first-order valence-corrected chi connectivity index (χ1v) is 7.09. The van der Waals surface area contributed by atoms with Crippen molar-refractivity contribution in [1.82, 2.24) is 20.4 Å². The molecule has 0 radical (unpaired) electrons. The van der Waals surface area contributed by atoms with Gasteiger partial charge in [-0.15, -0.1) is 0 Å². The van der Waals surface area contributed by atoms with E-state index < -0.39 is 0 Å². The summed E-state index contributed by atoms with van der Waals surface area (Å²) in [7, 11) is 0. The molecule has 21 heavy (non-hydrogen) atoms. The molecule has 2 atom stereocenters. The first-order chi connectivity index (χ1) is 10.1. The molecule has 110 valence electrons. The zero-order chi connectivity index (χ0) is 15.0. The van der Waals surface area contributed by atoms with Gasteiger partial charge in [0.25, 0.3) is 5.91 Å². The van der Waals surface area contributed by atoms with Crippen LogP contribution in [0.2, 0.25) is 0 Å². The van der Waals surface area contributed by atoms with Gasteiger partial charge in [-0.1, -0.05) is 12.1 Å². The number of carbonyl (C=O) groups is 1. The highest BCUT2D eigenvalue weighted by Crippen LogP contribution is 2.09. The summed E-state index contributed by atoms with van der Waals surface area (Å²) >= 11 is 0. The molecule has 0 saturated carbocycles. The third kappa shape index (κ3) is 2.54. The molecule has 1 amide bonds. The number of H-pyrrole nitrogens is 1. The number of para-hydroxylation sites is 1. The Balaban J connectivity index is 1.98. The van der Waals surface area contributed by atoms with Crippen molar-refractivity contribution >= 4 is 16.8 Å². The van der Waals surface area contributed by atoms with E-state index in [1.54, 1.807) is 23.1 Å². The number of nitrogens with zero attached hydrogens (tertiary/aromatic N) is 2. The van der Waals surface area contributed by atoms with Gasteiger partial charge in [0, 0.05) is 30.6 Å². The van der Waals surface area contributed by atoms with Gasteiger partial charge < -0.3 is 10.2 Å². The SMILES string of the molecule is C[C@@H]1CN(C(=O)c2n[nH]c3ccccc3c2=O)C[C@@H](C)N1. The summed E-state index contributed by atoms with van der Waals surface area (Å²) in [4.78, 5) is 26.7. The molecule has 2 heterocycles. The van der Waals surface area contributed by atoms with Crippen molar-refractivity contribution in [2.75, 3.05) is 13.1 Å². The van der Waals surface area contributed by atoms with E-state index >= 15 is 0 Å². The molecular weight excluding hydrogens is 268 g/mol. The van der Waals surface area contributed by atoms with Gasteiger partial charge in [-0.25, -0.2) is 0 Å². The fourth-order valence-corrected chi connectivity index (χ4v) is 2.86. The van der Waals surface area contributed by atoms with E-state index in [0.717, 1.165) is 0 Å². The smallest absolute Gasteiger partial charge is 0.278 e. The Kier molecular flexibility index (Phi) is 3.47. The number of amides is 1. The first-order valence-electron chi connectivity index (χ1n) is 7.09. The average molecular weight is 286 g/mol. The van der Waals surface area contributed by atoms with Gasteiger partial charge in [-0.05, 0) is 26.0 Å². The molecule has 1 aliphatic heterocycles. The fraction of sp³-hybridized carbons (Fsp3) is 0.400. The molecule has 3 rings (SSSR count). The maximum Gasteiger partial charge on any atom is 0.278 e. The largest absolute Gasteiger partial charge is 0.334 e. The van der Waals surface area contributed by atoms with Gasteiger partial charge in [0.1, 0.15) is 0 Å². The minimum absolute atomic E-state index is 0.0324. The lowest BCUT2D eigenvalue weighted by Gasteiger charge is -2.35. The van der Waals surface area contributed by atoms with Crippen LogP contribution in [-0.2, 0) is 0 Å². The van der Waals surface area contributed by atoms with Crippen LogP contribution in [0.1, 0.15) is 24.3 Å². The number of fused-ring (bicyclic) bond motifs is 1. The summed E-state index contributed by atoms with van der Waals surface area (Å²) in [5.41, 5.74) is 0.296. The number of carbonyl (C=O) groups excluding carboxylic acids is 1. The summed E-state index contributed by atoms with van der Waals surface area (Å²) < 4.78 is 0. The fourth-order valence-electron chi connectivity index (χ4n) is 2.86. The van der Waals surface area contributed by atoms with E-state index in [0.29, 0.717) is 24.0 Å². The number of rotatable bonds is 1. The van der Waals surface area contributed by atoms with Crippen molar-refractivity contribution in [3.63, 3.8) is 0 Å². The van der Waals surface area contributed by atoms with Crippen LogP contribution in [0.4, 0.5) is 0 Å². The number of aromatic amines is 1. The van der Waals surface area contributed by atoms with E-state index in [1.807, 2.05) is 19.9 Å². The Bertz CT molecular complexity index is 730. The molecule has 0 bridgehead atoms. The highest BCUT2D eigenvalue weighted by Gasteiger charge is 2.28. The lowest BCUT2D eigenvalue weighted by Crippen LogP contribution is -2.56. The van der Waals surface area contributed by atoms with E-state index in [-0.39, 0.29) is 29.1 Å². The molecule has 1 aromatic carbocycles. The van der Waals surface area contributed by atoms with Gasteiger partial charge in [-0.3, -0.25) is 14.7 Å². The highest BCUT2D eigenvalue weighted by atomic mass is 16.2. The summed E-state index contributed by atoms with van der Waals surface area (Å²) in [5.74, 6) is -0.304. The Hall–Kier alpha value is -2.21. The van der Waals surface area contributed by atoms with Crippen LogP contribution in [0, 0.1) is 0 Å². The molecule has 2 aromatic rings. The number of aromatic nitrogens is 2. The summed E-state index contributed by atoms with van der Waals surface area (Å²) in [6.45, 7) is 5.20. The van der Waals surface area contributed by atoms with E-state index in [2.05, 4.69) is 15.5 Å². The topological polar surface area (TPSA) is 78.1 Å². The first kappa shape index (κ1) is 13.8. The standard InChI is InChI=1S/C15H18N4O2/c1-9-7-19(8-10(2)16-9)15(21)13-14(20)11-5-3-4-6-12(11)17-18-13/h3-6,9-10,16H,7-8H2,1-2H3,(H,17,20)/t9-,10-/m1/s1. The molecule has 1 aliphatic rings. The highest BCUT2D eigenvalue weighted by molar-refractivity contribution is 5.95. The normalized spacial score (nSPS) is 22.5. The van der Waals surface area contributed by atoms with Crippen molar-refractivity contribution in [2.24, 2.45) is 0 Å². The van der Waals surface area contributed by atoms with Crippen molar-refractivity contribution < 1.29 is 4.79 Å².